The number of aromatic amines is 1. The lowest BCUT2D eigenvalue weighted by molar-refractivity contribution is -0.0380. The first-order valence-electron chi connectivity index (χ1n) is 15.9. The van der Waals surface area contributed by atoms with E-state index in [0.717, 1.165) is 88.7 Å². The predicted octanol–water partition coefficient (Wildman–Crippen LogP) is 5.43. The second-order valence-electron chi connectivity index (χ2n) is 13.1. The number of nitrogens with one attached hydrogen (secondary N) is 1. The van der Waals surface area contributed by atoms with E-state index in [-0.39, 0.29) is 5.82 Å². The molecule has 1 saturated carbocycles. The molecule has 10 heteroatoms. The van der Waals surface area contributed by atoms with E-state index in [1.807, 2.05) is 12.1 Å². The fourth-order valence-corrected chi connectivity index (χ4v) is 7.74. The number of aryl methyl sites for hydroxylation is 1. The largest absolute Gasteiger partial charge is 0.493 e. The molecule has 45 heavy (non-hydrogen) atoms. The molecule has 0 radical (unpaired) electrons. The highest BCUT2D eigenvalue weighted by Gasteiger charge is 2.54. The van der Waals surface area contributed by atoms with E-state index in [1.54, 1.807) is 19.2 Å². The summed E-state index contributed by atoms with van der Waals surface area (Å²) >= 11 is 0. The van der Waals surface area contributed by atoms with Crippen molar-refractivity contribution in [2.45, 2.75) is 38.3 Å². The number of pyridine rings is 1. The SMILES string of the molecule is COc1cc(CN2CCN(C3CC4(C3)CN(c3ccc(C=O)c(Oc5cnc6[nH]cc(F)c6c5)c3)C4)CC2)cc2c1OCCC2. The Morgan fingerprint density at radius 3 is 2.76 bits per heavy atom. The summed E-state index contributed by atoms with van der Waals surface area (Å²) in [6, 6.07) is 12.4. The Kier molecular flexibility index (Phi) is 7.14. The molecule has 3 aliphatic heterocycles. The van der Waals surface area contributed by atoms with Gasteiger partial charge in [0, 0.05) is 75.2 Å². The number of hydrogen-bond acceptors (Lipinski definition) is 8. The Labute approximate surface area is 261 Å². The van der Waals surface area contributed by atoms with Crippen molar-refractivity contribution in [1.82, 2.24) is 19.8 Å². The van der Waals surface area contributed by atoms with Gasteiger partial charge in [0.1, 0.15) is 23.0 Å². The molecule has 0 amide bonds. The van der Waals surface area contributed by atoms with Crippen molar-refractivity contribution in [3.05, 3.63) is 71.3 Å². The van der Waals surface area contributed by atoms with Crippen molar-refractivity contribution in [3.63, 3.8) is 0 Å². The van der Waals surface area contributed by atoms with E-state index in [1.165, 1.54) is 36.4 Å². The average molecular weight is 612 g/mol. The molecular weight excluding hydrogens is 573 g/mol. The van der Waals surface area contributed by atoms with Gasteiger partial charge in [-0.3, -0.25) is 14.6 Å². The molecule has 8 rings (SSSR count). The van der Waals surface area contributed by atoms with Crippen LogP contribution >= 0.6 is 0 Å². The van der Waals surface area contributed by atoms with Crippen molar-refractivity contribution >= 4 is 23.0 Å². The monoisotopic (exact) mass is 611 g/mol. The number of methoxy groups -OCH3 is 1. The summed E-state index contributed by atoms with van der Waals surface area (Å²) in [7, 11) is 1.73. The third-order valence-corrected chi connectivity index (χ3v) is 10.1. The van der Waals surface area contributed by atoms with E-state index < -0.39 is 0 Å². The highest BCUT2D eigenvalue weighted by Crippen LogP contribution is 2.52. The summed E-state index contributed by atoms with van der Waals surface area (Å²) in [6.07, 6.45) is 8.17. The number of carbonyl (C=O) groups is 1. The topological polar surface area (TPSA) is 83.2 Å². The minimum Gasteiger partial charge on any atom is -0.493 e. The fourth-order valence-electron chi connectivity index (χ4n) is 7.74. The lowest BCUT2D eigenvalue weighted by Crippen LogP contribution is -2.68. The standard InChI is InChI=1S/C35H38FN5O4/c1-43-32-12-23(11-24-3-2-10-44-33(24)32)19-39-6-8-40(9-7-39)27-15-35(16-27)21-41(22-35)26-5-4-25(20-42)31(13-26)45-28-14-29-30(36)18-38-34(29)37-17-28/h4-5,11-14,17-18,20,27H,2-3,6-10,15-16,19,21-22H2,1H3,(H,37,38). The van der Waals surface area contributed by atoms with Gasteiger partial charge in [-0.25, -0.2) is 9.37 Å². The second kappa shape index (κ2) is 11.3. The maximum Gasteiger partial charge on any atom is 0.164 e. The number of fused-ring (bicyclic) bond motifs is 2. The van der Waals surface area contributed by atoms with Crippen LogP contribution in [-0.4, -0.2) is 85.1 Å². The average Bonchev–Trinajstić information content (AvgIpc) is 3.39. The molecule has 2 aromatic carbocycles. The first-order valence-corrected chi connectivity index (χ1v) is 15.9. The predicted molar refractivity (Wildman–Crippen MR) is 169 cm³/mol. The third-order valence-electron chi connectivity index (χ3n) is 10.1. The van der Waals surface area contributed by atoms with E-state index in [4.69, 9.17) is 14.2 Å². The zero-order chi connectivity index (χ0) is 30.5. The molecular formula is C35H38FN5O4. The van der Waals surface area contributed by atoms with Crippen LogP contribution in [-0.2, 0) is 13.0 Å². The summed E-state index contributed by atoms with van der Waals surface area (Å²) in [5.74, 6) is 2.24. The van der Waals surface area contributed by atoms with E-state index in [2.05, 4.69) is 36.8 Å². The molecule has 4 aromatic rings. The number of halogens is 1. The van der Waals surface area contributed by atoms with Crippen LogP contribution in [0.25, 0.3) is 11.0 Å². The molecule has 0 atom stereocenters. The summed E-state index contributed by atoms with van der Waals surface area (Å²) < 4.78 is 31.6. The zero-order valence-corrected chi connectivity index (χ0v) is 25.6. The van der Waals surface area contributed by atoms with Crippen molar-refractivity contribution in [1.29, 1.82) is 0 Å². The molecule has 1 spiro atoms. The minimum atomic E-state index is -0.388. The first-order chi connectivity index (χ1) is 22.0. The van der Waals surface area contributed by atoms with Crippen LogP contribution in [0.4, 0.5) is 10.1 Å². The van der Waals surface area contributed by atoms with E-state index in [0.29, 0.717) is 39.6 Å². The van der Waals surface area contributed by atoms with Gasteiger partial charge >= 0.3 is 0 Å². The van der Waals surface area contributed by atoms with Crippen molar-refractivity contribution in [2.24, 2.45) is 5.41 Å². The number of aromatic nitrogens is 2. The van der Waals surface area contributed by atoms with Crippen LogP contribution in [0, 0.1) is 11.2 Å². The Bertz CT molecular complexity index is 1720. The van der Waals surface area contributed by atoms with Gasteiger partial charge in [-0.15, -0.1) is 0 Å². The molecule has 234 valence electrons. The van der Waals surface area contributed by atoms with Gasteiger partial charge in [0.05, 0.1) is 30.9 Å². The van der Waals surface area contributed by atoms with Gasteiger partial charge in [-0.1, -0.05) is 6.07 Å². The summed E-state index contributed by atoms with van der Waals surface area (Å²) in [5.41, 5.74) is 4.89. The Hall–Kier alpha value is -4.15. The van der Waals surface area contributed by atoms with Gasteiger partial charge in [0.25, 0.3) is 0 Å². The number of benzene rings is 2. The smallest absolute Gasteiger partial charge is 0.164 e. The maximum absolute atomic E-state index is 14.1. The Morgan fingerprint density at radius 1 is 1.11 bits per heavy atom. The summed E-state index contributed by atoms with van der Waals surface area (Å²) in [6.45, 7) is 8.11. The fraction of sp³-hybridized carbons (Fsp3) is 0.429. The van der Waals surface area contributed by atoms with Gasteiger partial charge in [-0.05, 0) is 61.1 Å². The van der Waals surface area contributed by atoms with Crippen LogP contribution in [0.15, 0.2) is 48.8 Å². The molecule has 5 heterocycles. The van der Waals surface area contributed by atoms with E-state index >= 15 is 0 Å². The van der Waals surface area contributed by atoms with Crippen molar-refractivity contribution in [2.75, 3.05) is 57.9 Å². The quantitative estimate of drug-likeness (QED) is 0.265. The highest BCUT2D eigenvalue weighted by molar-refractivity contribution is 5.82. The number of ether oxygens (including phenoxy) is 3. The molecule has 0 unspecified atom stereocenters. The first kappa shape index (κ1) is 28.3. The third kappa shape index (κ3) is 5.29. The number of aldehydes is 1. The van der Waals surface area contributed by atoms with E-state index in [9.17, 15) is 9.18 Å². The molecule has 1 aliphatic carbocycles. The van der Waals surface area contributed by atoms with Gasteiger partial charge in [-0.2, -0.15) is 0 Å². The number of H-pyrrole nitrogens is 1. The number of nitrogens with zero attached hydrogens (tertiary/aromatic N) is 4. The molecule has 3 fully saturated rings. The molecule has 2 aromatic heterocycles. The number of piperazine rings is 1. The van der Waals surface area contributed by atoms with Gasteiger partial charge < -0.3 is 24.1 Å². The molecule has 4 aliphatic rings. The van der Waals surface area contributed by atoms with Crippen LogP contribution in [0.2, 0.25) is 0 Å². The molecule has 9 nitrogen and oxygen atoms in total. The van der Waals surface area contributed by atoms with Crippen LogP contribution < -0.4 is 19.1 Å². The Balaban J connectivity index is 0.844. The lowest BCUT2D eigenvalue weighted by atomic mass is 9.60. The second-order valence-corrected chi connectivity index (χ2v) is 13.1. The number of hydrogen-bond donors (Lipinski definition) is 1. The summed E-state index contributed by atoms with van der Waals surface area (Å²) in [5, 5.41) is 0.354. The highest BCUT2D eigenvalue weighted by atomic mass is 19.1. The normalized spacial score (nSPS) is 19.9. The number of carbonyl (C=O) groups excluding carboxylic acids is 1. The van der Waals surface area contributed by atoms with Crippen molar-refractivity contribution < 1.29 is 23.4 Å². The molecule has 0 bridgehead atoms. The van der Waals surface area contributed by atoms with Crippen LogP contribution in [0.1, 0.15) is 40.7 Å². The lowest BCUT2D eigenvalue weighted by Gasteiger charge is -2.62. The van der Waals surface area contributed by atoms with Gasteiger partial charge in [0.15, 0.2) is 17.8 Å². The van der Waals surface area contributed by atoms with Crippen molar-refractivity contribution in [3.8, 4) is 23.0 Å². The van der Waals surface area contributed by atoms with Crippen LogP contribution in [0.5, 0.6) is 23.0 Å². The zero-order valence-electron chi connectivity index (χ0n) is 25.6. The summed E-state index contributed by atoms with van der Waals surface area (Å²) in [4.78, 5) is 26.4. The van der Waals surface area contributed by atoms with Crippen LogP contribution in [0.3, 0.4) is 0 Å². The minimum absolute atomic E-state index is 0.354. The maximum atomic E-state index is 14.1. The van der Waals surface area contributed by atoms with Gasteiger partial charge in [0.2, 0.25) is 0 Å². The number of rotatable bonds is 8. The molecule has 1 N–H and O–H groups in total. The number of anilines is 1. The molecule has 2 saturated heterocycles. The Morgan fingerprint density at radius 2 is 1.96 bits per heavy atom.